The molecule has 0 radical (unpaired) electrons. The number of nitrogens with zero attached hydrogens (tertiary/aromatic N) is 3. The van der Waals surface area contributed by atoms with Crippen LogP contribution in [0.2, 0.25) is 0 Å². The fourth-order valence-corrected chi connectivity index (χ4v) is 4.79. The van der Waals surface area contributed by atoms with Gasteiger partial charge < -0.3 is 15.0 Å². The maximum Gasteiger partial charge on any atom is 0.337 e. The normalized spacial score (nSPS) is 16.3. The van der Waals surface area contributed by atoms with E-state index in [1.165, 1.54) is 24.1 Å². The average molecular weight is 527 g/mol. The summed E-state index contributed by atoms with van der Waals surface area (Å²) in [5, 5.41) is 12.6. The zero-order valence-electron chi connectivity index (χ0n) is 21.8. The average Bonchev–Trinajstić information content (AvgIpc) is 3.75. The first-order valence-corrected chi connectivity index (χ1v) is 12.6. The van der Waals surface area contributed by atoms with Gasteiger partial charge in [0.05, 0.1) is 36.5 Å². The van der Waals surface area contributed by atoms with Crippen molar-refractivity contribution in [2.45, 2.75) is 44.7 Å². The molecule has 1 aliphatic carbocycles. The minimum absolute atomic E-state index is 0.0443. The summed E-state index contributed by atoms with van der Waals surface area (Å²) < 4.78 is 19.0. The second-order valence-corrected chi connectivity index (χ2v) is 10.2. The zero-order valence-corrected chi connectivity index (χ0v) is 21.8. The smallest absolute Gasteiger partial charge is 0.337 e. The lowest BCUT2D eigenvalue weighted by Gasteiger charge is -2.28. The number of nitrogens with one attached hydrogen (secondary N) is 1. The largest absolute Gasteiger partial charge is 0.465 e. The molecule has 198 valence electrons. The van der Waals surface area contributed by atoms with Gasteiger partial charge >= 0.3 is 12.0 Å². The van der Waals surface area contributed by atoms with Gasteiger partial charge in [0, 0.05) is 11.4 Å². The highest BCUT2D eigenvalue weighted by atomic mass is 19.1. The highest BCUT2D eigenvalue weighted by Crippen LogP contribution is 2.44. The van der Waals surface area contributed by atoms with Crippen molar-refractivity contribution in [3.8, 4) is 6.07 Å². The number of urea groups is 1. The first kappa shape index (κ1) is 25.9. The van der Waals surface area contributed by atoms with E-state index < -0.39 is 23.4 Å². The van der Waals surface area contributed by atoms with Gasteiger partial charge in [-0.05, 0) is 98.3 Å². The highest BCUT2D eigenvalue weighted by Gasteiger charge is 2.52. The number of nitriles is 1. The number of carbonyl (C=O) groups is 3. The van der Waals surface area contributed by atoms with Gasteiger partial charge in [-0.3, -0.25) is 4.79 Å². The molecule has 2 fully saturated rings. The van der Waals surface area contributed by atoms with Crippen molar-refractivity contribution in [2.24, 2.45) is 0 Å². The Labute approximate surface area is 225 Å². The third kappa shape index (κ3) is 4.81. The highest BCUT2D eigenvalue weighted by molar-refractivity contribution is 6.23. The van der Waals surface area contributed by atoms with Crippen LogP contribution in [-0.2, 0) is 16.1 Å². The van der Waals surface area contributed by atoms with E-state index in [2.05, 4.69) is 11.4 Å². The summed E-state index contributed by atoms with van der Waals surface area (Å²) in [5.41, 5.74) is 2.67. The Morgan fingerprint density at radius 1 is 1.10 bits per heavy atom. The van der Waals surface area contributed by atoms with Crippen LogP contribution in [0.3, 0.4) is 0 Å². The lowest BCUT2D eigenvalue weighted by Crippen LogP contribution is -2.43. The van der Waals surface area contributed by atoms with Crippen LogP contribution in [0.1, 0.15) is 59.7 Å². The molecular weight excluding hydrogens is 499 g/mol. The van der Waals surface area contributed by atoms with Gasteiger partial charge in [-0.25, -0.2) is 18.9 Å². The van der Waals surface area contributed by atoms with Crippen molar-refractivity contribution in [3.63, 3.8) is 0 Å². The molecule has 1 aliphatic heterocycles. The molecule has 5 rings (SSSR count). The van der Waals surface area contributed by atoms with E-state index in [-0.39, 0.29) is 18.4 Å². The summed E-state index contributed by atoms with van der Waals surface area (Å²) in [4.78, 5) is 41.6. The molecule has 3 aromatic rings. The van der Waals surface area contributed by atoms with E-state index in [0.717, 1.165) is 23.3 Å². The molecule has 0 spiro atoms. The maximum absolute atomic E-state index is 14.3. The summed E-state index contributed by atoms with van der Waals surface area (Å²) >= 11 is 0. The molecule has 3 aromatic carbocycles. The van der Waals surface area contributed by atoms with Crippen molar-refractivity contribution < 1.29 is 23.5 Å². The number of carbonyl (C=O) groups excluding carboxylic acids is 3. The standard InChI is InChI=1S/C30H27FN4O4/c1-30(2)28(37)35(24-13-9-20(16-32)25(15-24)18-4-5-18)29(38)34(30)17-21-6-10-22(31)14-26(21)33-23-11-7-19(8-12-23)27(36)39-3/h6-15,18,33H,4-5,17H2,1-3H3. The van der Waals surface area contributed by atoms with Crippen LogP contribution in [0.25, 0.3) is 0 Å². The van der Waals surface area contributed by atoms with Crippen LogP contribution in [0.5, 0.6) is 0 Å². The summed E-state index contributed by atoms with van der Waals surface area (Å²) in [6, 6.07) is 17.5. The molecular formula is C30H27FN4O4. The Hall–Kier alpha value is -4.71. The van der Waals surface area contributed by atoms with Gasteiger partial charge in [0.2, 0.25) is 0 Å². The molecule has 1 N–H and O–H groups in total. The second-order valence-electron chi connectivity index (χ2n) is 10.2. The topological polar surface area (TPSA) is 103 Å². The lowest BCUT2D eigenvalue weighted by molar-refractivity contribution is -0.123. The summed E-state index contributed by atoms with van der Waals surface area (Å²) in [6.45, 7) is 3.41. The third-order valence-electron chi connectivity index (χ3n) is 7.24. The summed E-state index contributed by atoms with van der Waals surface area (Å²) in [5.74, 6) is -1.05. The monoisotopic (exact) mass is 526 g/mol. The van der Waals surface area contributed by atoms with Crippen molar-refractivity contribution in [1.29, 1.82) is 5.26 Å². The van der Waals surface area contributed by atoms with Gasteiger partial charge in [0.1, 0.15) is 11.4 Å². The quantitative estimate of drug-likeness (QED) is 0.306. The van der Waals surface area contributed by atoms with Crippen molar-refractivity contribution in [1.82, 2.24) is 4.90 Å². The molecule has 0 bridgehead atoms. The van der Waals surface area contributed by atoms with E-state index in [4.69, 9.17) is 4.74 Å². The number of anilines is 3. The molecule has 8 nitrogen and oxygen atoms in total. The van der Waals surface area contributed by atoms with Crippen molar-refractivity contribution in [2.75, 3.05) is 17.3 Å². The molecule has 1 heterocycles. The van der Waals surface area contributed by atoms with Crippen LogP contribution in [-0.4, -0.2) is 35.5 Å². The molecule has 9 heteroatoms. The van der Waals surface area contributed by atoms with E-state index in [1.807, 2.05) is 0 Å². The Bertz CT molecular complexity index is 1520. The van der Waals surface area contributed by atoms with Gasteiger partial charge in [-0.15, -0.1) is 0 Å². The third-order valence-corrected chi connectivity index (χ3v) is 7.24. The van der Waals surface area contributed by atoms with Crippen LogP contribution < -0.4 is 10.2 Å². The van der Waals surface area contributed by atoms with E-state index >= 15 is 0 Å². The molecule has 3 amide bonds. The minimum Gasteiger partial charge on any atom is -0.465 e. The fourth-order valence-electron chi connectivity index (χ4n) is 4.79. The van der Waals surface area contributed by atoms with Crippen molar-refractivity contribution in [3.05, 3.63) is 88.7 Å². The molecule has 0 aromatic heterocycles. The van der Waals surface area contributed by atoms with Crippen molar-refractivity contribution >= 4 is 35.0 Å². The fraction of sp³-hybridized carbons (Fsp3) is 0.267. The Balaban J connectivity index is 1.43. The number of ether oxygens (including phenoxy) is 1. The van der Waals surface area contributed by atoms with Crippen LogP contribution in [0, 0.1) is 17.1 Å². The summed E-state index contributed by atoms with van der Waals surface area (Å²) in [7, 11) is 1.30. The van der Waals surface area contributed by atoms with Crippen LogP contribution in [0.15, 0.2) is 60.7 Å². The minimum atomic E-state index is -1.17. The number of benzene rings is 3. The Kier molecular flexibility index (Phi) is 6.56. The van der Waals surface area contributed by atoms with E-state index in [1.54, 1.807) is 62.4 Å². The number of imide groups is 1. The zero-order chi connectivity index (χ0) is 27.9. The first-order chi connectivity index (χ1) is 18.6. The van der Waals surface area contributed by atoms with Gasteiger partial charge in [0.25, 0.3) is 5.91 Å². The second kappa shape index (κ2) is 9.87. The SMILES string of the molecule is COC(=O)c1ccc(Nc2cc(F)ccc2CN2C(=O)N(c3ccc(C#N)c(C4CC4)c3)C(=O)C2(C)C)cc1. The molecule has 2 aliphatic rings. The molecule has 1 saturated carbocycles. The predicted molar refractivity (Wildman–Crippen MR) is 143 cm³/mol. The lowest BCUT2D eigenvalue weighted by atomic mass is 10.0. The summed E-state index contributed by atoms with van der Waals surface area (Å²) in [6.07, 6.45) is 1.95. The van der Waals surface area contributed by atoms with Gasteiger partial charge in [-0.2, -0.15) is 5.26 Å². The number of halogens is 1. The Morgan fingerprint density at radius 2 is 1.82 bits per heavy atom. The molecule has 39 heavy (non-hydrogen) atoms. The maximum atomic E-state index is 14.3. The van der Waals surface area contributed by atoms with Gasteiger partial charge in [0.15, 0.2) is 0 Å². The molecule has 1 saturated heterocycles. The number of amides is 3. The molecule has 0 atom stereocenters. The molecule has 0 unspecified atom stereocenters. The van der Waals surface area contributed by atoms with Crippen LogP contribution in [0.4, 0.5) is 26.2 Å². The first-order valence-electron chi connectivity index (χ1n) is 12.6. The van der Waals surface area contributed by atoms with E-state index in [0.29, 0.717) is 33.8 Å². The number of esters is 1. The predicted octanol–water partition coefficient (Wildman–Crippen LogP) is 5.85. The Morgan fingerprint density at radius 3 is 2.46 bits per heavy atom. The number of hydrogen-bond acceptors (Lipinski definition) is 6. The van der Waals surface area contributed by atoms with E-state index in [9.17, 15) is 24.0 Å². The number of rotatable bonds is 7. The van der Waals surface area contributed by atoms with Gasteiger partial charge in [-0.1, -0.05) is 6.07 Å². The number of hydrogen-bond donors (Lipinski definition) is 1. The number of methoxy groups -OCH3 is 1. The van der Waals surface area contributed by atoms with Crippen LogP contribution >= 0.6 is 0 Å².